The van der Waals surface area contributed by atoms with Crippen LogP contribution < -0.4 is 5.32 Å². The second kappa shape index (κ2) is 4.76. The predicted molar refractivity (Wildman–Crippen MR) is 58.8 cm³/mol. The lowest BCUT2D eigenvalue weighted by molar-refractivity contribution is -0.137. The maximum atomic E-state index is 13.5. The van der Waals surface area contributed by atoms with E-state index in [1.807, 2.05) is 0 Å². The third-order valence-electron chi connectivity index (χ3n) is 3.08. The minimum absolute atomic E-state index is 0.0567. The van der Waals surface area contributed by atoms with Crippen LogP contribution >= 0.6 is 0 Å². The molecule has 1 aromatic carbocycles. The van der Waals surface area contributed by atoms with Crippen LogP contribution in [0.4, 0.5) is 23.2 Å². The molecule has 1 aliphatic carbocycles. The number of hydrogen-bond donors (Lipinski definition) is 1. The summed E-state index contributed by atoms with van der Waals surface area (Å²) < 4.78 is 55.6. The lowest BCUT2D eigenvalue weighted by Crippen LogP contribution is -2.40. The molecule has 0 aromatic heterocycles. The third kappa shape index (κ3) is 2.75. The molecule has 2 rings (SSSR count). The first-order chi connectivity index (χ1) is 8.40. The largest absolute Gasteiger partial charge is 0.416 e. The Labute approximate surface area is 102 Å². The Hall–Kier alpha value is -1.30. The van der Waals surface area contributed by atoms with E-state index >= 15 is 0 Å². The molecule has 18 heavy (non-hydrogen) atoms. The zero-order valence-electron chi connectivity index (χ0n) is 9.72. The van der Waals surface area contributed by atoms with Crippen molar-refractivity contribution in [1.29, 1.82) is 0 Å². The molecular weight excluding hydrogens is 250 g/mol. The first-order valence-electron chi connectivity index (χ1n) is 5.56. The van der Waals surface area contributed by atoms with Crippen LogP contribution in [0.2, 0.25) is 0 Å². The number of alkyl halides is 3. The van der Waals surface area contributed by atoms with E-state index in [2.05, 4.69) is 5.32 Å². The molecule has 6 heteroatoms. The van der Waals surface area contributed by atoms with E-state index in [1.54, 1.807) is 7.11 Å². The first-order valence-corrected chi connectivity index (χ1v) is 5.56. The Balaban J connectivity index is 2.02. The fraction of sp³-hybridized carbons (Fsp3) is 0.500. The van der Waals surface area contributed by atoms with Crippen molar-refractivity contribution in [3.8, 4) is 0 Å². The molecule has 1 aromatic rings. The Bertz CT molecular complexity index is 427. The Morgan fingerprint density at radius 1 is 1.28 bits per heavy atom. The van der Waals surface area contributed by atoms with Crippen molar-refractivity contribution in [2.75, 3.05) is 12.4 Å². The van der Waals surface area contributed by atoms with E-state index in [4.69, 9.17) is 4.74 Å². The molecular formula is C12H13F4NO. The van der Waals surface area contributed by atoms with E-state index in [0.29, 0.717) is 6.07 Å². The summed E-state index contributed by atoms with van der Waals surface area (Å²) in [5, 5.41) is 2.87. The van der Waals surface area contributed by atoms with Gasteiger partial charge in [-0.1, -0.05) is 0 Å². The van der Waals surface area contributed by atoms with Crippen molar-refractivity contribution in [1.82, 2.24) is 0 Å². The van der Waals surface area contributed by atoms with Crippen molar-refractivity contribution in [3.05, 3.63) is 29.6 Å². The molecule has 1 fully saturated rings. The summed E-state index contributed by atoms with van der Waals surface area (Å²) in [7, 11) is 1.60. The molecule has 0 aliphatic heterocycles. The van der Waals surface area contributed by atoms with Crippen molar-refractivity contribution in [2.24, 2.45) is 0 Å². The standard InChI is InChI=1S/C12H13F4NO/c1-18-9-5-8(6-9)17-11-3-2-7(4-10(11)13)12(14,15)16/h2-4,8-9,17H,5-6H2,1H3. The van der Waals surface area contributed by atoms with Gasteiger partial charge in [0.05, 0.1) is 17.4 Å². The van der Waals surface area contributed by atoms with Gasteiger partial charge in [-0.2, -0.15) is 13.2 Å². The van der Waals surface area contributed by atoms with Crippen LogP contribution in [0.5, 0.6) is 0 Å². The molecule has 1 saturated carbocycles. The summed E-state index contributed by atoms with van der Waals surface area (Å²) in [5.41, 5.74) is -0.878. The van der Waals surface area contributed by atoms with Crippen molar-refractivity contribution in [3.63, 3.8) is 0 Å². The van der Waals surface area contributed by atoms with Gasteiger partial charge in [0.25, 0.3) is 0 Å². The molecule has 2 nitrogen and oxygen atoms in total. The number of ether oxygens (including phenoxy) is 1. The number of hydrogen-bond acceptors (Lipinski definition) is 2. The van der Waals surface area contributed by atoms with E-state index < -0.39 is 17.6 Å². The quantitative estimate of drug-likeness (QED) is 0.843. The summed E-state index contributed by atoms with van der Waals surface area (Å²) in [4.78, 5) is 0. The van der Waals surface area contributed by atoms with Gasteiger partial charge < -0.3 is 10.1 Å². The average molecular weight is 263 g/mol. The number of nitrogens with one attached hydrogen (secondary N) is 1. The fourth-order valence-electron chi connectivity index (χ4n) is 1.90. The summed E-state index contributed by atoms with van der Waals surface area (Å²) in [6.07, 6.45) is -2.90. The monoisotopic (exact) mass is 263 g/mol. The van der Waals surface area contributed by atoms with Gasteiger partial charge in [0.1, 0.15) is 5.82 Å². The summed E-state index contributed by atoms with van der Waals surface area (Å²) in [6.45, 7) is 0. The molecule has 0 atom stereocenters. The number of rotatable bonds is 3. The smallest absolute Gasteiger partial charge is 0.381 e. The van der Waals surface area contributed by atoms with Crippen LogP contribution in [-0.2, 0) is 10.9 Å². The Morgan fingerprint density at radius 2 is 1.94 bits per heavy atom. The van der Waals surface area contributed by atoms with Gasteiger partial charge in [-0.3, -0.25) is 0 Å². The SMILES string of the molecule is COC1CC(Nc2ccc(C(F)(F)F)cc2F)C1. The summed E-state index contributed by atoms with van der Waals surface area (Å²) in [6, 6.07) is 2.56. The van der Waals surface area contributed by atoms with Crippen LogP contribution in [0.15, 0.2) is 18.2 Å². The maximum absolute atomic E-state index is 13.5. The highest BCUT2D eigenvalue weighted by molar-refractivity contribution is 5.48. The molecule has 0 spiro atoms. The average Bonchev–Trinajstić information content (AvgIpc) is 2.23. The third-order valence-corrected chi connectivity index (χ3v) is 3.08. The van der Waals surface area contributed by atoms with Crippen LogP contribution in [0.3, 0.4) is 0 Å². The second-order valence-electron chi connectivity index (χ2n) is 4.36. The normalized spacial score (nSPS) is 23.6. The van der Waals surface area contributed by atoms with E-state index in [1.165, 1.54) is 0 Å². The van der Waals surface area contributed by atoms with E-state index in [-0.39, 0.29) is 17.8 Å². The summed E-state index contributed by atoms with van der Waals surface area (Å²) in [5.74, 6) is -0.884. The van der Waals surface area contributed by atoms with Gasteiger partial charge in [-0.15, -0.1) is 0 Å². The molecule has 0 unspecified atom stereocenters. The van der Waals surface area contributed by atoms with Gasteiger partial charge in [-0.05, 0) is 31.0 Å². The number of benzene rings is 1. The molecule has 1 aliphatic rings. The van der Waals surface area contributed by atoms with Gasteiger partial charge in [-0.25, -0.2) is 4.39 Å². The van der Waals surface area contributed by atoms with E-state index in [9.17, 15) is 17.6 Å². The first kappa shape index (κ1) is 13.1. The maximum Gasteiger partial charge on any atom is 0.416 e. The molecule has 0 bridgehead atoms. The summed E-state index contributed by atoms with van der Waals surface area (Å²) >= 11 is 0. The highest BCUT2D eigenvalue weighted by atomic mass is 19.4. The molecule has 0 amide bonds. The van der Waals surface area contributed by atoms with Crippen molar-refractivity contribution in [2.45, 2.75) is 31.2 Å². The van der Waals surface area contributed by atoms with Crippen molar-refractivity contribution < 1.29 is 22.3 Å². The zero-order chi connectivity index (χ0) is 13.3. The molecule has 0 saturated heterocycles. The minimum Gasteiger partial charge on any atom is -0.381 e. The lowest BCUT2D eigenvalue weighted by atomic mass is 9.89. The predicted octanol–water partition coefficient (Wildman–Crippen LogP) is 3.43. The topological polar surface area (TPSA) is 21.3 Å². The van der Waals surface area contributed by atoms with Crippen molar-refractivity contribution >= 4 is 5.69 Å². The van der Waals surface area contributed by atoms with Crippen LogP contribution in [0.25, 0.3) is 0 Å². The van der Waals surface area contributed by atoms with Gasteiger partial charge >= 0.3 is 6.18 Å². The molecule has 0 heterocycles. The van der Waals surface area contributed by atoms with Crippen LogP contribution in [0, 0.1) is 5.82 Å². The van der Waals surface area contributed by atoms with Crippen LogP contribution in [0.1, 0.15) is 18.4 Å². The molecule has 0 radical (unpaired) electrons. The van der Waals surface area contributed by atoms with Gasteiger partial charge in [0.2, 0.25) is 0 Å². The molecule has 100 valence electrons. The highest BCUT2D eigenvalue weighted by Gasteiger charge is 2.32. The number of methoxy groups -OCH3 is 1. The highest BCUT2D eigenvalue weighted by Crippen LogP contribution is 2.32. The van der Waals surface area contributed by atoms with E-state index in [0.717, 1.165) is 25.0 Å². The lowest BCUT2D eigenvalue weighted by Gasteiger charge is -2.35. The Morgan fingerprint density at radius 3 is 2.44 bits per heavy atom. The minimum atomic E-state index is -4.52. The van der Waals surface area contributed by atoms with Gasteiger partial charge in [0.15, 0.2) is 0 Å². The van der Waals surface area contributed by atoms with Crippen LogP contribution in [-0.4, -0.2) is 19.3 Å². The number of anilines is 1. The zero-order valence-corrected chi connectivity index (χ0v) is 9.72. The number of halogens is 4. The molecule has 1 N–H and O–H groups in total. The fourth-order valence-corrected chi connectivity index (χ4v) is 1.90. The van der Waals surface area contributed by atoms with Gasteiger partial charge in [0, 0.05) is 13.2 Å². The Kier molecular flexibility index (Phi) is 3.47. The second-order valence-corrected chi connectivity index (χ2v) is 4.36.